The van der Waals surface area contributed by atoms with E-state index in [1.54, 1.807) is 0 Å². The number of hydrogen-bond donors (Lipinski definition) is 4. The normalized spacial score (nSPS) is 10.5. The molecule has 0 heterocycles. The molecule has 6 N–H and O–H groups in total. The highest BCUT2D eigenvalue weighted by molar-refractivity contribution is 6.17. The highest BCUT2D eigenvalue weighted by Crippen LogP contribution is 1.99. The van der Waals surface area contributed by atoms with E-state index in [2.05, 4.69) is 0 Å². The van der Waals surface area contributed by atoms with Gasteiger partial charge in [-0.05, 0) is 0 Å². The topological polar surface area (TPSA) is 95.7 Å². The maximum atomic E-state index is 8.04. The molecule has 0 saturated heterocycles. The standard InChI is InChI=1S/C3H7ClO3.H3N/c4-2-1-3(5,6)7;/h5-7H,1-2H2;1H3. The monoisotopic (exact) mass is 143 g/mol. The maximum absolute atomic E-state index is 8.04. The average Bonchev–Trinajstić information content (AvgIpc) is 1.30. The first-order valence-corrected chi connectivity index (χ1v) is 2.33. The van der Waals surface area contributed by atoms with E-state index in [9.17, 15) is 0 Å². The van der Waals surface area contributed by atoms with E-state index < -0.39 is 5.97 Å². The van der Waals surface area contributed by atoms with Crippen molar-refractivity contribution >= 4 is 11.6 Å². The number of halogens is 1. The van der Waals surface area contributed by atoms with Gasteiger partial charge < -0.3 is 21.5 Å². The molecule has 0 saturated carbocycles. The predicted molar refractivity (Wildman–Crippen MR) is 29.7 cm³/mol. The fraction of sp³-hybridized carbons (Fsp3) is 1.00. The SMILES string of the molecule is N.OC(O)(O)CCCl. The Labute approximate surface area is 52.3 Å². The van der Waals surface area contributed by atoms with Crippen molar-refractivity contribution in [2.45, 2.75) is 12.4 Å². The minimum absolute atomic E-state index is 0. The minimum atomic E-state index is -2.58. The molecule has 0 aliphatic heterocycles. The van der Waals surface area contributed by atoms with Gasteiger partial charge in [0.15, 0.2) is 0 Å². The number of rotatable bonds is 2. The van der Waals surface area contributed by atoms with E-state index in [4.69, 9.17) is 26.9 Å². The lowest BCUT2D eigenvalue weighted by Gasteiger charge is -2.09. The quantitative estimate of drug-likeness (QED) is 0.307. The Kier molecular flexibility index (Phi) is 5.57. The molecule has 4 nitrogen and oxygen atoms in total. The molecule has 0 atom stereocenters. The molecule has 0 unspecified atom stereocenters. The fourth-order valence-electron chi connectivity index (χ4n) is 0.127. The molecule has 0 rings (SSSR count). The van der Waals surface area contributed by atoms with Gasteiger partial charge in [0.25, 0.3) is 5.97 Å². The third-order valence-electron chi connectivity index (χ3n) is 0.430. The number of aliphatic hydroxyl groups is 3. The first-order valence-electron chi connectivity index (χ1n) is 1.79. The molecule has 0 aliphatic carbocycles. The molecule has 0 aromatic rings. The zero-order chi connectivity index (χ0) is 5.91. The van der Waals surface area contributed by atoms with Crippen LogP contribution in [0.2, 0.25) is 0 Å². The summed E-state index contributed by atoms with van der Waals surface area (Å²) in [5.74, 6) is -2.55. The van der Waals surface area contributed by atoms with Gasteiger partial charge in [-0.1, -0.05) is 0 Å². The first kappa shape index (κ1) is 11.0. The fourth-order valence-corrected chi connectivity index (χ4v) is 0.380. The third kappa shape index (κ3) is 9.46. The Morgan fingerprint density at radius 2 is 1.62 bits per heavy atom. The molecule has 5 heteroatoms. The highest BCUT2D eigenvalue weighted by Gasteiger charge is 2.15. The van der Waals surface area contributed by atoms with Gasteiger partial charge in [-0.2, -0.15) is 0 Å². The van der Waals surface area contributed by atoms with Crippen LogP contribution in [0.1, 0.15) is 6.42 Å². The van der Waals surface area contributed by atoms with E-state index in [-0.39, 0.29) is 18.5 Å². The largest absolute Gasteiger partial charge is 0.344 e. The molecule has 0 amide bonds. The second kappa shape index (κ2) is 4.05. The molecule has 0 fully saturated rings. The van der Waals surface area contributed by atoms with Gasteiger partial charge in [-0.25, -0.2) is 0 Å². The van der Waals surface area contributed by atoms with Crippen molar-refractivity contribution in [1.82, 2.24) is 6.15 Å². The molecule has 0 radical (unpaired) electrons. The van der Waals surface area contributed by atoms with Gasteiger partial charge in [0.05, 0.1) is 0 Å². The van der Waals surface area contributed by atoms with Crippen molar-refractivity contribution in [3.8, 4) is 0 Å². The van der Waals surface area contributed by atoms with E-state index >= 15 is 0 Å². The lowest BCUT2D eigenvalue weighted by molar-refractivity contribution is -0.311. The van der Waals surface area contributed by atoms with Crippen molar-refractivity contribution in [1.29, 1.82) is 0 Å². The number of alkyl halides is 1. The smallest absolute Gasteiger partial charge is 0.276 e. The Bertz CT molecular complexity index is 53.0. The summed E-state index contributed by atoms with van der Waals surface area (Å²) in [7, 11) is 0. The Morgan fingerprint density at radius 3 is 1.62 bits per heavy atom. The summed E-state index contributed by atoms with van der Waals surface area (Å²) in [5, 5.41) is 24.1. The third-order valence-corrected chi connectivity index (χ3v) is 0.619. The molecule has 0 aromatic carbocycles. The van der Waals surface area contributed by atoms with E-state index in [0.29, 0.717) is 0 Å². The van der Waals surface area contributed by atoms with Crippen molar-refractivity contribution in [2.75, 3.05) is 5.88 Å². The second-order valence-corrected chi connectivity index (χ2v) is 1.59. The minimum Gasteiger partial charge on any atom is -0.344 e. The van der Waals surface area contributed by atoms with Crippen LogP contribution in [0.3, 0.4) is 0 Å². The summed E-state index contributed by atoms with van der Waals surface area (Å²) in [6.45, 7) is 0. The van der Waals surface area contributed by atoms with Crippen LogP contribution in [0, 0.1) is 0 Å². The lowest BCUT2D eigenvalue weighted by atomic mass is 10.4. The summed E-state index contributed by atoms with van der Waals surface area (Å²) in [6, 6.07) is 0. The van der Waals surface area contributed by atoms with Crippen molar-refractivity contribution < 1.29 is 15.3 Å². The Hall–Kier alpha value is 0.130. The molecular weight excluding hydrogens is 133 g/mol. The van der Waals surface area contributed by atoms with Crippen molar-refractivity contribution in [3.63, 3.8) is 0 Å². The number of hydrogen-bond acceptors (Lipinski definition) is 4. The van der Waals surface area contributed by atoms with Crippen molar-refractivity contribution in [2.24, 2.45) is 0 Å². The van der Waals surface area contributed by atoms with Gasteiger partial charge >= 0.3 is 0 Å². The van der Waals surface area contributed by atoms with Gasteiger partial charge in [-0.15, -0.1) is 11.6 Å². The average molecular weight is 144 g/mol. The highest BCUT2D eigenvalue weighted by atomic mass is 35.5. The molecule has 0 aliphatic rings. The summed E-state index contributed by atoms with van der Waals surface area (Å²) in [6.07, 6.45) is -0.228. The second-order valence-electron chi connectivity index (χ2n) is 1.21. The zero-order valence-electron chi connectivity index (χ0n) is 4.34. The van der Waals surface area contributed by atoms with Crippen LogP contribution in [-0.4, -0.2) is 27.2 Å². The molecule has 8 heavy (non-hydrogen) atoms. The Balaban J connectivity index is 0. The van der Waals surface area contributed by atoms with Crippen LogP contribution in [0.5, 0.6) is 0 Å². The summed E-state index contributed by atoms with van der Waals surface area (Å²) in [5.41, 5.74) is 0. The van der Waals surface area contributed by atoms with Gasteiger partial charge in [0.2, 0.25) is 0 Å². The molecule has 0 bridgehead atoms. The maximum Gasteiger partial charge on any atom is 0.276 e. The van der Waals surface area contributed by atoms with Gasteiger partial charge in [0.1, 0.15) is 0 Å². The summed E-state index contributed by atoms with van der Waals surface area (Å²) < 4.78 is 0. The van der Waals surface area contributed by atoms with Crippen molar-refractivity contribution in [3.05, 3.63) is 0 Å². The first-order chi connectivity index (χ1) is 3.06. The van der Waals surface area contributed by atoms with E-state index in [1.165, 1.54) is 0 Å². The van der Waals surface area contributed by atoms with Crippen LogP contribution in [-0.2, 0) is 0 Å². The van der Waals surface area contributed by atoms with Crippen LogP contribution in [0.15, 0.2) is 0 Å². The molecule has 52 valence electrons. The molecular formula is C3H10ClNO3. The lowest BCUT2D eigenvalue weighted by Crippen LogP contribution is -2.27. The van der Waals surface area contributed by atoms with Crippen LogP contribution < -0.4 is 6.15 Å². The predicted octanol–water partition coefficient (Wildman–Crippen LogP) is -0.592. The van der Waals surface area contributed by atoms with Crippen LogP contribution in [0.4, 0.5) is 0 Å². The van der Waals surface area contributed by atoms with Crippen LogP contribution in [0.25, 0.3) is 0 Å². The van der Waals surface area contributed by atoms with E-state index in [1.807, 2.05) is 0 Å². The summed E-state index contributed by atoms with van der Waals surface area (Å²) in [4.78, 5) is 0. The van der Waals surface area contributed by atoms with E-state index in [0.717, 1.165) is 0 Å². The van der Waals surface area contributed by atoms with Gasteiger partial charge in [0, 0.05) is 12.3 Å². The van der Waals surface area contributed by atoms with Crippen LogP contribution >= 0.6 is 11.6 Å². The molecule has 0 aromatic heterocycles. The summed E-state index contributed by atoms with van der Waals surface area (Å²) >= 11 is 5.01. The molecule has 0 spiro atoms. The zero-order valence-corrected chi connectivity index (χ0v) is 5.10. The Morgan fingerprint density at radius 1 is 1.25 bits per heavy atom. The van der Waals surface area contributed by atoms with Gasteiger partial charge in [-0.3, -0.25) is 0 Å².